The molecule has 0 saturated heterocycles. The molecule has 1 aromatic rings. The summed E-state index contributed by atoms with van der Waals surface area (Å²) in [5.41, 5.74) is 0.0674. The first kappa shape index (κ1) is 12.4. The molecule has 1 aromatic carbocycles. The minimum atomic E-state index is -1.35. The van der Waals surface area contributed by atoms with Crippen molar-refractivity contribution in [3.63, 3.8) is 0 Å². The Kier molecular flexibility index (Phi) is 4.67. The number of hydrogen-bond donors (Lipinski definition) is 1. The largest absolute Gasteiger partial charge is 0.478 e. The molecule has 1 unspecified atom stereocenters. The molecular formula is C11H11NO3S. The van der Waals surface area contributed by atoms with Gasteiger partial charge in [0.05, 0.1) is 27.3 Å². The van der Waals surface area contributed by atoms with Crippen molar-refractivity contribution in [3.8, 4) is 6.07 Å². The molecule has 0 heterocycles. The molecule has 0 fully saturated rings. The van der Waals surface area contributed by atoms with Gasteiger partial charge in [0, 0.05) is 12.2 Å². The van der Waals surface area contributed by atoms with Crippen LogP contribution < -0.4 is 0 Å². The molecule has 0 aromatic heterocycles. The molecule has 0 aliphatic heterocycles. The summed E-state index contributed by atoms with van der Waals surface area (Å²) in [5, 5.41) is 17.2. The Labute approximate surface area is 96.0 Å². The van der Waals surface area contributed by atoms with E-state index in [9.17, 15) is 9.00 Å². The second-order valence-corrected chi connectivity index (χ2v) is 4.65. The number of hydrogen-bond acceptors (Lipinski definition) is 3. The Morgan fingerprint density at radius 1 is 1.44 bits per heavy atom. The Morgan fingerprint density at radius 2 is 2.12 bits per heavy atom. The zero-order valence-corrected chi connectivity index (χ0v) is 9.37. The fourth-order valence-corrected chi connectivity index (χ4v) is 2.49. The number of benzene rings is 1. The third-order valence-corrected chi connectivity index (χ3v) is 3.49. The highest BCUT2D eigenvalue weighted by Crippen LogP contribution is 2.14. The lowest BCUT2D eigenvalue weighted by molar-refractivity contribution is 0.0693. The fraction of sp³-hybridized carbons (Fsp3) is 0.273. The predicted octanol–water partition coefficient (Wildman–Crippen LogP) is 1.80. The molecule has 1 rings (SSSR count). The maximum atomic E-state index is 11.8. The van der Waals surface area contributed by atoms with Gasteiger partial charge in [-0.25, -0.2) is 4.79 Å². The number of nitriles is 1. The monoisotopic (exact) mass is 237 g/mol. The molecule has 5 heteroatoms. The van der Waals surface area contributed by atoms with Crippen molar-refractivity contribution in [1.82, 2.24) is 0 Å². The number of nitrogens with zero attached hydrogens (tertiary/aromatic N) is 1. The van der Waals surface area contributed by atoms with Gasteiger partial charge in [-0.05, 0) is 18.6 Å². The summed E-state index contributed by atoms with van der Waals surface area (Å²) in [5.74, 6) is -0.762. The summed E-state index contributed by atoms with van der Waals surface area (Å²) in [6.07, 6.45) is 0.845. The van der Waals surface area contributed by atoms with Gasteiger partial charge >= 0.3 is 5.97 Å². The molecule has 4 nitrogen and oxygen atoms in total. The van der Waals surface area contributed by atoms with Crippen LogP contribution >= 0.6 is 0 Å². The second kappa shape index (κ2) is 6.03. The van der Waals surface area contributed by atoms with E-state index in [2.05, 4.69) is 0 Å². The molecule has 1 N–H and O–H groups in total. The molecule has 84 valence electrons. The summed E-state index contributed by atoms with van der Waals surface area (Å²) in [4.78, 5) is 11.2. The molecule has 0 saturated carbocycles. The standard InChI is InChI=1S/C11H11NO3S/c12-7-3-4-8-16(15)10-6-2-1-5-9(10)11(13)14/h1-2,5-6H,3-4,8H2,(H,13,14). The highest BCUT2D eigenvalue weighted by atomic mass is 32.2. The molecule has 0 aliphatic carbocycles. The van der Waals surface area contributed by atoms with E-state index in [1.165, 1.54) is 6.07 Å². The lowest BCUT2D eigenvalue weighted by atomic mass is 10.2. The van der Waals surface area contributed by atoms with Crippen molar-refractivity contribution >= 4 is 16.8 Å². The van der Waals surface area contributed by atoms with Crippen molar-refractivity contribution in [2.24, 2.45) is 0 Å². The zero-order chi connectivity index (χ0) is 12.0. The Hall–Kier alpha value is -1.67. The van der Waals surface area contributed by atoms with Gasteiger partial charge in [0.25, 0.3) is 0 Å². The smallest absolute Gasteiger partial charge is 0.336 e. The van der Waals surface area contributed by atoms with Crippen LogP contribution in [-0.4, -0.2) is 21.0 Å². The quantitative estimate of drug-likeness (QED) is 0.792. The maximum Gasteiger partial charge on any atom is 0.336 e. The van der Waals surface area contributed by atoms with Crippen LogP contribution in [0, 0.1) is 11.3 Å². The summed E-state index contributed by atoms with van der Waals surface area (Å²) in [7, 11) is -1.35. The van der Waals surface area contributed by atoms with Gasteiger partial charge in [-0.3, -0.25) is 4.21 Å². The van der Waals surface area contributed by atoms with E-state index >= 15 is 0 Å². The van der Waals surface area contributed by atoms with Gasteiger partial charge in [-0.1, -0.05) is 12.1 Å². The molecule has 0 amide bonds. The molecule has 0 spiro atoms. The number of carboxylic acids is 1. The highest BCUT2D eigenvalue weighted by molar-refractivity contribution is 7.85. The SMILES string of the molecule is N#CCCCS(=O)c1ccccc1C(=O)O. The molecule has 0 radical (unpaired) electrons. The second-order valence-electron chi connectivity index (χ2n) is 3.11. The van der Waals surface area contributed by atoms with Crippen LogP contribution in [0.3, 0.4) is 0 Å². The van der Waals surface area contributed by atoms with Gasteiger partial charge in [0.2, 0.25) is 0 Å². The minimum Gasteiger partial charge on any atom is -0.478 e. The lowest BCUT2D eigenvalue weighted by Crippen LogP contribution is -2.06. The minimum absolute atomic E-state index is 0.0674. The zero-order valence-electron chi connectivity index (χ0n) is 8.55. The normalized spacial score (nSPS) is 11.7. The molecular weight excluding hydrogens is 226 g/mol. The van der Waals surface area contributed by atoms with Gasteiger partial charge in [0.15, 0.2) is 0 Å². The van der Waals surface area contributed by atoms with Crippen LogP contribution in [0.5, 0.6) is 0 Å². The van der Waals surface area contributed by atoms with E-state index in [1.807, 2.05) is 6.07 Å². The predicted molar refractivity (Wildman–Crippen MR) is 59.5 cm³/mol. The van der Waals surface area contributed by atoms with Crippen molar-refractivity contribution in [1.29, 1.82) is 5.26 Å². The summed E-state index contributed by atoms with van der Waals surface area (Å²) < 4.78 is 11.8. The topological polar surface area (TPSA) is 78.2 Å². The van der Waals surface area contributed by atoms with Crippen LogP contribution in [0.1, 0.15) is 23.2 Å². The van der Waals surface area contributed by atoms with E-state index < -0.39 is 16.8 Å². The van der Waals surface area contributed by atoms with Gasteiger partial charge in [-0.15, -0.1) is 0 Å². The number of carboxylic acid groups (broad SMARTS) is 1. The maximum absolute atomic E-state index is 11.8. The fourth-order valence-electron chi connectivity index (χ4n) is 1.23. The molecule has 0 bridgehead atoms. The van der Waals surface area contributed by atoms with Gasteiger partial charge < -0.3 is 5.11 Å². The number of rotatable bonds is 5. The average molecular weight is 237 g/mol. The summed E-state index contributed by atoms with van der Waals surface area (Å²) >= 11 is 0. The van der Waals surface area contributed by atoms with E-state index in [1.54, 1.807) is 18.2 Å². The van der Waals surface area contributed by atoms with Crippen LogP contribution in [0.15, 0.2) is 29.2 Å². The highest BCUT2D eigenvalue weighted by Gasteiger charge is 2.13. The molecule has 1 atom stereocenters. The van der Waals surface area contributed by atoms with Crippen LogP contribution in [-0.2, 0) is 10.8 Å². The van der Waals surface area contributed by atoms with Crippen LogP contribution in [0.2, 0.25) is 0 Å². The Bertz CT molecular complexity index is 451. The van der Waals surface area contributed by atoms with Gasteiger partial charge in [-0.2, -0.15) is 5.26 Å². The van der Waals surface area contributed by atoms with E-state index in [0.717, 1.165) is 0 Å². The van der Waals surface area contributed by atoms with Crippen LogP contribution in [0.25, 0.3) is 0 Å². The Morgan fingerprint density at radius 3 is 2.75 bits per heavy atom. The first-order valence-electron chi connectivity index (χ1n) is 4.74. The van der Waals surface area contributed by atoms with Crippen molar-refractivity contribution in [2.45, 2.75) is 17.7 Å². The van der Waals surface area contributed by atoms with E-state index in [4.69, 9.17) is 10.4 Å². The summed E-state index contributed by atoms with van der Waals surface area (Å²) in [6, 6.07) is 8.19. The first-order valence-corrected chi connectivity index (χ1v) is 6.06. The summed E-state index contributed by atoms with van der Waals surface area (Å²) in [6.45, 7) is 0. The van der Waals surface area contributed by atoms with Gasteiger partial charge in [0.1, 0.15) is 0 Å². The van der Waals surface area contributed by atoms with Crippen molar-refractivity contribution < 1.29 is 14.1 Å². The van der Waals surface area contributed by atoms with Crippen molar-refractivity contribution in [2.75, 3.05) is 5.75 Å². The Balaban J connectivity index is 2.83. The molecule has 0 aliphatic rings. The lowest BCUT2D eigenvalue weighted by Gasteiger charge is -2.04. The number of aromatic carboxylic acids is 1. The molecule has 16 heavy (non-hydrogen) atoms. The number of unbranched alkanes of at least 4 members (excludes halogenated alkanes) is 1. The third-order valence-electron chi connectivity index (χ3n) is 1.98. The van der Waals surface area contributed by atoms with Crippen molar-refractivity contribution in [3.05, 3.63) is 29.8 Å². The van der Waals surface area contributed by atoms with E-state index in [0.29, 0.717) is 23.5 Å². The third kappa shape index (κ3) is 3.17. The number of carbonyl (C=O) groups is 1. The van der Waals surface area contributed by atoms with E-state index in [-0.39, 0.29) is 5.56 Å². The van der Waals surface area contributed by atoms with Crippen LogP contribution in [0.4, 0.5) is 0 Å². The average Bonchev–Trinajstić information content (AvgIpc) is 2.29. The first-order chi connectivity index (χ1) is 7.66.